The van der Waals surface area contributed by atoms with Crippen LogP contribution in [0.4, 0.5) is 0 Å². The van der Waals surface area contributed by atoms with Gasteiger partial charge >= 0.3 is 0 Å². The fourth-order valence-electron chi connectivity index (χ4n) is 1.65. The van der Waals surface area contributed by atoms with Gasteiger partial charge in [-0.05, 0) is 24.3 Å². The molecule has 90 valence electrons. The quantitative estimate of drug-likeness (QED) is 0.696. The second-order valence-electron chi connectivity index (χ2n) is 3.81. The van der Waals surface area contributed by atoms with Crippen molar-refractivity contribution in [1.82, 2.24) is 30.0 Å². The first-order valence-electron chi connectivity index (χ1n) is 5.75. The fourth-order valence-corrected chi connectivity index (χ4v) is 1.65. The first-order chi connectivity index (χ1) is 8.86. The van der Waals surface area contributed by atoms with Crippen molar-refractivity contribution < 1.29 is 0 Å². The highest BCUT2D eigenvalue weighted by Gasteiger charge is 2.08. The van der Waals surface area contributed by atoms with Crippen molar-refractivity contribution in [3.05, 3.63) is 42.7 Å². The second-order valence-corrected chi connectivity index (χ2v) is 3.81. The Morgan fingerprint density at radius 3 is 2.72 bits per heavy atom. The lowest BCUT2D eigenvalue weighted by Gasteiger charge is -1.98. The van der Waals surface area contributed by atoms with Gasteiger partial charge in [-0.25, -0.2) is 4.68 Å². The zero-order chi connectivity index (χ0) is 12.4. The monoisotopic (exact) mass is 240 g/mol. The highest BCUT2D eigenvalue weighted by molar-refractivity contribution is 5.52. The van der Waals surface area contributed by atoms with E-state index in [0.29, 0.717) is 12.4 Å². The highest BCUT2D eigenvalue weighted by Crippen LogP contribution is 2.14. The summed E-state index contributed by atoms with van der Waals surface area (Å²) in [5, 5.41) is 16.5. The predicted octanol–water partition coefficient (Wildman–Crippen LogP) is 1.55. The molecule has 0 radical (unpaired) electrons. The van der Waals surface area contributed by atoms with Gasteiger partial charge in [-0.15, -0.1) is 10.2 Å². The molecule has 0 atom stereocenters. The Hall–Kier alpha value is -2.50. The molecule has 2 aromatic heterocycles. The normalized spacial score (nSPS) is 10.7. The van der Waals surface area contributed by atoms with Gasteiger partial charge in [0, 0.05) is 6.20 Å². The van der Waals surface area contributed by atoms with Crippen LogP contribution >= 0.6 is 0 Å². The van der Waals surface area contributed by atoms with Crippen molar-refractivity contribution in [2.75, 3.05) is 0 Å². The van der Waals surface area contributed by atoms with Crippen LogP contribution in [0.1, 0.15) is 6.92 Å². The molecule has 0 aliphatic rings. The Bertz CT molecular complexity index is 639. The van der Waals surface area contributed by atoms with Crippen molar-refractivity contribution in [2.24, 2.45) is 0 Å². The molecule has 0 N–H and O–H groups in total. The molecule has 0 spiro atoms. The topological polar surface area (TPSA) is 61.4 Å². The van der Waals surface area contributed by atoms with Crippen LogP contribution < -0.4 is 0 Å². The zero-order valence-corrected chi connectivity index (χ0v) is 9.93. The lowest BCUT2D eigenvalue weighted by atomic mass is 10.3. The average Bonchev–Trinajstić information content (AvgIpc) is 3.08. The van der Waals surface area contributed by atoms with E-state index in [1.807, 2.05) is 43.5 Å². The van der Waals surface area contributed by atoms with Gasteiger partial charge < -0.3 is 0 Å². The lowest BCUT2D eigenvalue weighted by molar-refractivity contribution is 0.553. The van der Waals surface area contributed by atoms with E-state index in [2.05, 4.69) is 20.5 Å². The van der Waals surface area contributed by atoms with Crippen LogP contribution in [0.5, 0.6) is 0 Å². The maximum atomic E-state index is 4.30. The maximum Gasteiger partial charge on any atom is 0.208 e. The van der Waals surface area contributed by atoms with Gasteiger partial charge in [0.15, 0.2) is 0 Å². The third-order valence-corrected chi connectivity index (χ3v) is 2.60. The number of para-hydroxylation sites is 1. The summed E-state index contributed by atoms with van der Waals surface area (Å²) in [4.78, 5) is 1.55. The first kappa shape index (κ1) is 10.6. The number of hydrogen-bond acceptors (Lipinski definition) is 4. The number of aromatic nitrogens is 6. The van der Waals surface area contributed by atoms with Crippen molar-refractivity contribution in [2.45, 2.75) is 13.5 Å². The molecule has 0 saturated carbocycles. The molecule has 0 saturated heterocycles. The molecule has 0 bridgehead atoms. The van der Waals surface area contributed by atoms with E-state index < -0.39 is 0 Å². The standard InChI is InChI=1S/C12H12N6/c1-2-18-15-12(14-16-18)10-8-13-17(9-10)11-6-4-3-5-7-11/h3-9H,2H2,1H3. The number of tetrazole rings is 1. The Morgan fingerprint density at radius 2 is 2.00 bits per heavy atom. The van der Waals surface area contributed by atoms with E-state index in [1.165, 1.54) is 0 Å². The molecule has 6 nitrogen and oxygen atoms in total. The minimum Gasteiger partial charge on any atom is -0.240 e. The summed E-state index contributed by atoms with van der Waals surface area (Å²) in [6.07, 6.45) is 3.64. The summed E-state index contributed by atoms with van der Waals surface area (Å²) in [6, 6.07) is 9.91. The van der Waals surface area contributed by atoms with Crippen LogP contribution in [-0.2, 0) is 6.54 Å². The Labute approximate surface area is 104 Å². The molecule has 1 aromatic carbocycles. The van der Waals surface area contributed by atoms with Gasteiger partial charge in [0.2, 0.25) is 5.82 Å². The van der Waals surface area contributed by atoms with Crippen LogP contribution in [0.2, 0.25) is 0 Å². The smallest absolute Gasteiger partial charge is 0.208 e. The number of rotatable bonds is 3. The van der Waals surface area contributed by atoms with E-state index >= 15 is 0 Å². The third kappa shape index (κ3) is 1.88. The summed E-state index contributed by atoms with van der Waals surface area (Å²) < 4.78 is 1.79. The molecule has 2 heterocycles. The number of benzene rings is 1. The molecule has 0 aliphatic heterocycles. The molecule has 0 aliphatic carbocycles. The molecule has 18 heavy (non-hydrogen) atoms. The van der Waals surface area contributed by atoms with Gasteiger partial charge in [-0.3, -0.25) is 0 Å². The SMILES string of the molecule is CCn1nnc(-c2cnn(-c3ccccc3)c2)n1. The van der Waals surface area contributed by atoms with Crippen molar-refractivity contribution in [1.29, 1.82) is 0 Å². The minimum absolute atomic E-state index is 0.596. The zero-order valence-electron chi connectivity index (χ0n) is 9.93. The highest BCUT2D eigenvalue weighted by atomic mass is 15.6. The largest absolute Gasteiger partial charge is 0.240 e. The molecule has 3 aromatic rings. The summed E-state index contributed by atoms with van der Waals surface area (Å²) in [5.41, 5.74) is 1.87. The fraction of sp³-hybridized carbons (Fsp3) is 0.167. The van der Waals surface area contributed by atoms with Gasteiger partial charge in [-0.1, -0.05) is 18.2 Å². The Morgan fingerprint density at radius 1 is 1.17 bits per heavy atom. The lowest BCUT2D eigenvalue weighted by Crippen LogP contribution is -1.98. The molecule has 0 unspecified atom stereocenters. The van der Waals surface area contributed by atoms with E-state index in [0.717, 1.165) is 11.3 Å². The molecule has 0 fully saturated rings. The van der Waals surface area contributed by atoms with E-state index in [-0.39, 0.29) is 0 Å². The van der Waals surface area contributed by atoms with Gasteiger partial charge in [0.05, 0.1) is 24.0 Å². The third-order valence-electron chi connectivity index (χ3n) is 2.60. The molecule has 0 amide bonds. The number of aryl methyl sites for hydroxylation is 1. The van der Waals surface area contributed by atoms with Crippen LogP contribution in [0.15, 0.2) is 42.7 Å². The minimum atomic E-state index is 0.596. The number of nitrogens with zero attached hydrogens (tertiary/aromatic N) is 6. The van der Waals surface area contributed by atoms with Gasteiger partial charge in [0.25, 0.3) is 0 Å². The van der Waals surface area contributed by atoms with Crippen LogP contribution in [0.3, 0.4) is 0 Å². The van der Waals surface area contributed by atoms with E-state index in [4.69, 9.17) is 0 Å². The van der Waals surface area contributed by atoms with Crippen LogP contribution in [0, 0.1) is 0 Å². The average molecular weight is 240 g/mol. The van der Waals surface area contributed by atoms with Gasteiger partial charge in [-0.2, -0.15) is 9.90 Å². The van der Waals surface area contributed by atoms with Crippen molar-refractivity contribution >= 4 is 0 Å². The predicted molar refractivity (Wildman–Crippen MR) is 66.0 cm³/mol. The summed E-state index contributed by atoms with van der Waals surface area (Å²) in [5.74, 6) is 0.596. The van der Waals surface area contributed by atoms with Crippen molar-refractivity contribution in [3.63, 3.8) is 0 Å². The van der Waals surface area contributed by atoms with Gasteiger partial charge in [0.1, 0.15) is 0 Å². The maximum absolute atomic E-state index is 4.30. The molecule has 3 rings (SSSR count). The Balaban J connectivity index is 1.94. The first-order valence-corrected chi connectivity index (χ1v) is 5.75. The molecule has 6 heteroatoms. The summed E-state index contributed by atoms with van der Waals surface area (Å²) in [6.45, 7) is 2.68. The second kappa shape index (κ2) is 4.40. The summed E-state index contributed by atoms with van der Waals surface area (Å²) >= 11 is 0. The molecular formula is C12H12N6. The Kier molecular flexibility index (Phi) is 2.60. The van der Waals surface area contributed by atoms with Crippen LogP contribution in [-0.4, -0.2) is 30.0 Å². The van der Waals surface area contributed by atoms with Crippen LogP contribution in [0.25, 0.3) is 17.1 Å². The summed E-state index contributed by atoms with van der Waals surface area (Å²) in [7, 11) is 0. The van der Waals surface area contributed by atoms with E-state index in [9.17, 15) is 0 Å². The molecular weight excluding hydrogens is 228 g/mol. The number of hydrogen-bond donors (Lipinski definition) is 0. The van der Waals surface area contributed by atoms with Crippen molar-refractivity contribution in [3.8, 4) is 17.1 Å². The van der Waals surface area contributed by atoms with E-state index in [1.54, 1.807) is 15.7 Å².